The Kier molecular flexibility index (Phi) is 6.14. The van der Waals surface area contributed by atoms with Crippen molar-refractivity contribution < 1.29 is 4.42 Å². The van der Waals surface area contributed by atoms with Gasteiger partial charge in [-0.1, -0.05) is 121 Å². The molecule has 14 aromatic rings. The molecule has 4 heterocycles. The lowest BCUT2D eigenvalue weighted by molar-refractivity contribution is 0.667. The molecule has 272 valence electrons. The summed E-state index contributed by atoms with van der Waals surface area (Å²) in [6, 6.07) is 63.6. The highest BCUT2D eigenvalue weighted by molar-refractivity contribution is 7.25. The molecule has 0 saturated carbocycles. The number of fused-ring (bicyclic) bond motifs is 12. The van der Waals surface area contributed by atoms with Gasteiger partial charge in [0.1, 0.15) is 16.8 Å². The van der Waals surface area contributed by atoms with E-state index in [1.165, 1.54) is 74.3 Å². The highest BCUT2D eigenvalue weighted by atomic mass is 32.1. The quantitative estimate of drug-likeness (QED) is 0.168. The summed E-state index contributed by atoms with van der Waals surface area (Å²) in [6.45, 7) is 0. The monoisotopic (exact) mass is 767 g/mol. The van der Waals surface area contributed by atoms with Gasteiger partial charge in [-0.2, -0.15) is 0 Å². The molecule has 14 rings (SSSR count). The average Bonchev–Trinajstić information content (AvgIpc) is 3.97. The molecule has 4 aromatic heterocycles. The fourth-order valence-electron chi connectivity index (χ4n) is 9.97. The fraction of sp³-hybridized carbons (Fsp3) is 0. The van der Waals surface area contributed by atoms with Crippen LogP contribution in [0.5, 0.6) is 0 Å². The summed E-state index contributed by atoms with van der Waals surface area (Å²) >= 11 is 1.82. The zero-order valence-electron chi connectivity index (χ0n) is 31.4. The third-order valence-electron chi connectivity index (χ3n) is 12.5. The van der Waals surface area contributed by atoms with E-state index in [1.54, 1.807) is 0 Å². The number of hydrogen-bond acceptors (Lipinski definition) is 4. The largest absolute Gasteiger partial charge is 0.452 e. The van der Waals surface area contributed by atoms with Crippen molar-refractivity contribution in [3.8, 4) is 28.3 Å². The number of aromatic nitrogens is 3. The van der Waals surface area contributed by atoms with Crippen LogP contribution in [0.1, 0.15) is 0 Å². The minimum absolute atomic E-state index is 0.658. The van der Waals surface area contributed by atoms with Crippen molar-refractivity contribution in [2.45, 2.75) is 0 Å². The van der Waals surface area contributed by atoms with Gasteiger partial charge in [-0.05, 0) is 86.9 Å². The van der Waals surface area contributed by atoms with Crippen molar-refractivity contribution >= 4 is 118 Å². The van der Waals surface area contributed by atoms with Crippen LogP contribution in [0, 0.1) is 0 Å². The first-order valence-corrected chi connectivity index (χ1v) is 20.8. The highest BCUT2D eigenvalue weighted by Gasteiger charge is 2.24. The van der Waals surface area contributed by atoms with Crippen molar-refractivity contribution in [2.24, 2.45) is 0 Å². The number of para-hydroxylation sites is 1. The first kappa shape index (κ1) is 31.5. The van der Waals surface area contributed by atoms with Gasteiger partial charge in [-0.3, -0.25) is 0 Å². The lowest BCUT2D eigenvalue weighted by Crippen LogP contribution is -1.99. The van der Waals surface area contributed by atoms with E-state index in [-0.39, 0.29) is 0 Å². The van der Waals surface area contributed by atoms with E-state index >= 15 is 0 Å². The number of furan rings is 1. The molecule has 0 bridgehead atoms. The number of rotatable bonds is 3. The van der Waals surface area contributed by atoms with Crippen LogP contribution in [0.4, 0.5) is 0 Å². The topological polar surface area (TPSA) is 43.9 Å². The van der Waals surface area contributed by atoms with Crippen LogP contribution in [0.2, 0.25) is 0 Å². The maximum atomic E-state index is 6.62. The summed E-state index contributed by atoms with van der Waals surface area (Å²) in [4.78, 5) is 10.8. The standard InChI is InChI=1S/C54H29N3OS/c1-3-14-34-30(12-1)26-33(29-43(34)57-42-21-11-20-39-36-16-5-6-18-38(36)48-35-15-4-2-13-31(35)28-44(57)50(48)49(39)42)54-55-51(53-52(56-54)40-19-7-9-22-45(40)58-53)32-24-25-47-41(27-32)37-17-8-10-23-46(37)59-47/h1-29H. The zero-order chi connectivity index (χ0) is 38.3. The molecule has 0 fully saturated rings. The van der Waals surface area contributed by atoms with Crippen molar-refractivity contribution in [3.63, 3.8) is 0 Å². The van der Waals surface area contributed by atoms with Crippen molar-refractivity contribution in [2.75, 3.05) is 0 Å². The Hall–Kier alpha value is -7.60. The van der Waals surface area contributed by atoms with Gasteiger partial charge in [0.2, 0.25) is 0 Å². The SMILES string of the molecule is c1ccc2c(-n3c4cccc5c6ccccc6c6c7ccccc7cc3c6c54)cc(-c3nc(-c4ccc5sc6ccccc6c5c4)c4oc5ccccc5c4n3)cc2c1. The predicted molar refractivity (Wildman–Crippen MR) is 249 cm³/mol. The van der Waals surface area contributed by atoms with Gasteiger partial charge in [0.15, 0.2) is 11.4 Å². The molecule has 59 heavy (non-hydrogen) atoms. The first-order chi connectivity index (χ1) is 29.2. The summed E-state index contributed by atoms with van der Waals surface area (Å²) in [7, 11) is 0. The lowest BCUT2D eigenvalue weighted by atomic mass is 9.91. The zero-order valence-corrected chi connectivity index (χ0v) is 32.2. The normalized spacial score (nSPS) is 12.4. The van der Waals surface area contributed by atoms with Crippen LogP contribution < -0.4 is 0 Å². The van der Waals surface area contributed by atoms with Crippen LogP contribution in [0.25, 0.3) is 135 Å². The summed E-state index contributed by atoms with van der Waals surface area (Å²) < 4.78 is 11.6. The van der Waals surface area contributed by atoms with E-state index in [0.717, 1.165) is 49.8 Å². The molecule has 10 aromatic carbocycles. The first-order valence-electron chi connectivity index (χ1n) is 20.0. The van der Waals surface area contributed by atoms with Crippen molar-refractivity contribution in [3.05, 3.63) is 176 Å². The number of hydrogen-bond donors (Lipinski definition) is 0. The summed E-state index contributed by atoms with van der Waals surface area (Å²) in [5, 5.41) is 15.9. The van der Waals surface area contributed by atoms with Crippen LogP contribution in [-0.4, -0.2) is 14.5 Å². The molecular weight excluding hydrogens is 739 g/mol. The van der Waals surface area contributed by atoms with E-state index in [4.69, 9.17) is 14.4 Å². The maximum absolute atomic E-state index is 6.62. The molecule has 0 atom stereocenters. The molecule has 0 aliphatic heterocycles. The van der Waals surface area contributed by atoms with Crippen molar-refractivity contribution in [1.82, 2.24) is 14.5 Å². The van der Waals surface area contributed by atoms with Gasteiger partial charge in [-0.25, -0.2) is 9.97 Å². The molecule has 0 spiro atoms. The number of nitrogens with zero attached hydrogens (tertiary/aromatic N) is 3. The van der Waals surface area contributed by atoms with Crippen LogP contribution in [-0.2, 0) is 0 Å². The fourth-order valence-corrected chi connectivity index (χ4v) is 11.1. The Bertz CT molecular complexity index is 4090. The van der Waals surface area contributed by atoms with E-state index < -0.39 is 0 Å². The second-order valence-electron chi connectivity index (χ2n) is 15.6. The molecule has 0 N–H and O–H groups in total. The van der Waals surface area contributed by atoms with Gasteiger partial charge in [0.05, 0.1) is 16.7 Å². The third kappa shape index (κ3) is 4.26. The predicted octanol–water partition coefficient (Wildman–Crippen LogP) is 15.2. The Morgan fingerprint density at radius 3 is 1.98 bits per heavy atom. The van der Waals surface area contributed by atoms with Gasteiger partial charge < -0.3 is 8.98 Å². The number of thiophene rings is 1. The molecule has 0 unspecified atom stereocenters. The minimum Gasteiger partial charge on any atom is -0.452 e. The Balaban J connectivity index is 1.10. The van der Waals surface area contributed by atoms with E-state index in [0.29, 0.717) is 11.4 Å². The van der Waals surface area contributed by atoms with Crippen LogP contribution >= 0.6 is 11.3 Å². The van der Waals surface area contributed by atoms with E-state index in [2.05, 4.69) is 168 Å². The third-order valence-corrected chi connectivity index (χ3v) is 13.7. The van der Waals surface area contributed by atoms with Gasteiger partial charge >= 0.3 is 0 Å². The molecule has 5 heteroatoms. The molecule has 0 radical (unpaired) electrons. The highest BCUT2D eigenvalue weighted by Crippen LogP contribution is 2.48. The maximum Gasteiger partial charge on any atom is 0.180 e. The molecular formula is C54H29N3OS. The Morgan fingerprint density at radius 1 is 0.424 bits per heavy atom. The summed E-state index contributed by atoms with van der Waals surface area (Å²) in [5.41, 5.74) is 8.50. The second-order valence-corrected chi connectivity index (χ2v) is 16.7. The number of benzene rings is 10. The Morgan fingerprint density at radius 2 is 1.10 bits per heavy atom. The van der Waals surface area contributed by atoms with Crippen LogP contribution in [0.3, 0.4) is 0 Å². The second kappa shape index (κ2) is 11.5. The summed E-state index contributed by atoms with van der Waals surface area (Å²) in [6.07, 6.45) is 0. The Labute approximate surface area is 340 Å². The average molecular weight is 768 g/mol. The molecule has 0 aliphatic carbocycles. The summed E-state index contributed by atoms with van der Waals surface area (Å²) in [5.74, 6) is 0.658. The van der Waals surface area contributed by atoms with Crippen LogP contribution in [0.15, 0.2) is 180 Å². The van der Waals surface area contributed by atoms with E-state index in [9.17, 15) is 0 Å². The molecule has 0 saturated heterocycles. The van der Waals surface area contributed by atoms with E-state index in [1.807, 2.05) is 23.5 Å². The molecule has 4 nitrogen and oxygen atoms in total. The molecule has 0 amide bonds. The van der Waals surface area contributed by atoms with Gasteiger partial charge in [0.25, 0.3) is 0 Å². The van der Waals surface area contributed by atoms with Gasteiger partial charge in [0, 0.05) is 58.2 Å². The van der Waals surface area contributed by atoms with Crippen molar-refractivity contribution in [1.29, 1.82) is 0 Å². The molecule has 0 aliphatic rings. The van der Waals surface area contributed by atoms with Gasteiger partial charge in [-0.15, -0.1) is 11.3 Å². The lowest BCUT2D eigenvalue weighted by Gasteiger charge is -2.15. The smallest absolute Gasteiger partial charge is 0.180 e. The minimum atomic E-state index is 0.658.